The van der Waals surface area contributed by atoms with Crippen LogP contribution in [0.15, 0.2) is 78.9 Å². The molecular weight excluding hydrogens is 332 g/mol. The standard InChI is InChI=1S/C25H20O2/c26-12-13-27-21-11-10-17-14-20(9-8-18(17)15-21)23-6-3-7-24-22-5-2-1-4-19(22)16-25(23)24/h1-11,14-15,26H,12-13,16H2. The summed E-state index contributed by atoms with van der Waals surface area (Å²) in [5, 5.41) is 11.3. The molecule has 27 heavy (non-hydrogen) atoms. The molecule has 0 heterocycles. The topological polar surface area (TPSA) is 29.5 Å². The summed E-state index contributed by atoms with van der Waals surface area (Å²) in [6.07, 6.45) is 0.994. The van der Waals surface area contributed by atoms with Crippen LogP contribution in [-0.2, 0) is 6.42 Å². The van der Waals surface area contributed by atoms with Crippen LogP contribution in [0.1, 0.15) is 11.1 Å². The fourth-order valence-electron chi connectivity index (χ4n) is 4.07. The first-order chi connectivity index (χ1) is 13.3. The van der Waals surface area contributed by atoms with E-state index in [1.165, 1.54) is 38.8 Å². The Morgan fingerprint density at radius 1 is 0.741 bits per heavy atom. The minimum atomic E-state index is 0.0263. The molecule has 4 aromatic carbocycles. The van der Waals surface area contributed by atoms with Crippen molar-refractivity contribution in [3.8, 4) is 28.0 Å². The molecule has 0 spiro atoms. The molecule has 0 bridgehead atoms. The Morgan fingerprint density at radius 2 is 1.52 bits per heavy atom. The van der Waals surface area contributed by atoms with Crippen molar-refractivity contribution in [2.45, 2.75) is 6.42 Å². The molecule has 0 saturated carbocycles. The highest BCUT2D eigenvalue weighted by Gasteiger charge is 2.20. The smallest absolute Gasteiger partial charge is 0.120 e. The number of aliphatic hydroxyl groups excluding tert-OH is 1. The molecule has 132 valence electrons. The zero-order chi connectivity index (χ0) is 18.2. The van der Waals surface area contributed by atoms with Crippen molar-refractivity contribution >= 4 is 10.8 Å². The lowest BCUT2D eigenvalue weighted by molar-refractivity contribution is 0.201. The molecule has 2 heteroatoms. The van der Waals surface area contributed by atoms with Crippen LogP contribution in [0.3, 0.4) is 0 Å². The first kappa shape index (κ1) is 16.1. The second-order valence-corrected chi connectivity index (χ2v) is 6.96. The SMILES string of the molecule is OCCOc1ccc2cc(-c3cccc4c3Cc3ccccc3-4)ccc2c1. The van der Waals surface area contributed by atoms with E-state index in [4.69, 9.17) is 9.84 Å². The average molecular weight is 352 g/mol. The van der Waals surface area contributed by atoms with Crippen LogP contribution in [-0.4, -0.2) is 18.3 Å². The van der Waals surface area contributed by atoms with Gasteiger partial charge in [0, 0.05) is 0 Å². The second kappa shape index (κ2) is 6.57. The first-order valence-electron chi connectivity index (χ1n) is 9.31. The van der Waals surface area contributed by atoms with E-state index in [-0.39, 0.29) is 6.61 Å². The first-order valence-corrected chi connectivity index (χ1v) is 9.31. The van der Waals surface area contributed by atoms with Crippen molar-refractivity contribution in [3.05, 3.63) is 90.0 Å². The molecule has 5 rings (SSSR count). The summed E-state index contributed by atoms with van der Waals surface area (Å²) in [4.78, 5) is 0. The van der Waals surface area contributed by atoms with Crippen molar-refractivity contribution in [1.82, 2.24) is 0 Å². The van der Waals surface area contributed by atoms with Crippen molar-refractivity contribution in [1.29, 1.82) is 0 Å². The third-order valence-corrected chi connectivity index (χ3v) is 5.33. The number of aliphatic hydroxyl groups is 1. The number of benzene rings is 4. The Kier molecular flexibility index (Phi) is 3.92. The van der Waals surface area contributed by atoms with Crippen LogP contribution in [0.5, 0.6) is 5.75 Å². The molecule has 4 aromatic rings. The summed E-state index contributed by atoms with van der Waals surface area (Å²) in [5.74, 6) is 0.792. The summed E-state index contributed by atoms with van der Waals surface area (Å²) in [5.41, 5.74) is 8.10. The summed E-state index contributed by atoms with van der Waals surface area (Å²) < 4.78 is 5.52. The van der Waals surface area contributed by atoms with Gasteiger partial charge in [0.15, 0.2) is 0 Å². The van der Waals surface area contributed by atoms with E-state index >= 15 is 0 Å². The van der Waals surface area contributed by atoms with E-state index in [0.29, 0.717) is 6.61 Å². The third kappa shape index (κ3) is 2.79. The molecule has 0 aromatic heterocycles. The molecule has 1 aliphatic rings. The fraction of sp³-hybridized carbons (Fsp3) is 0.120. The Bertz CT molecular complexity index is 1140. The van der Waals surface area contributed by atoms with Crippen LogP contribution in [0.2, 0.25) is 0 Å². The second-order valence-electron chi connectivity index (χ2n) is 6.96. The van der Waals surface area contributed by atoms with Crippen LogP contribution in [0.25, 0.3) is 33.0 Å². The summed E-state index contributed by atoms with van der Waals surface area (Å²) in [6, 6.07) is 28.0. The number of hydrogen-bond acceptors (Lipinski definition) is 2. The zero-order valence-corrected chi connectivity index (χ0v) is 15.0. The van der Waals surface area contributed by atoms with Gasteiger partial charge in [-0.15, -0.1) is 0 Å². The largest absolute Gasteiger partial charge is 0.491 e. The van der Waals surface area contributed by atoms with Crippen molar-refractivity contribution in [3.63, 3.8) is 0 Å². The lowest BCUT2D eigenvalue weighted by Gasteiger charge is -2.11. The minimum absolute atomic E-state index is 0.0263. The van der Waals surface area contributed by atoms with Gasteiger partial charge in [-0.25, -0.2) is 0 Å². The molecule has 1 N–H and O–H groups in total. The zero-order valence-electron chi connectivity index (χ0n) is 15.0. The van der Waals surface area contributed by atoms with Crippen LogP contribution in [0, 0.1) is 0 Å². The van der Waals surface area contributed by atoms with Gasteiger partial charge in [0.1, 0.15) is 12.4 Å². The lowest BCUT2D eigenvalue weighted by Crippen LogP contribution is -2.01. The minimum Gasteiger partial charge on any atom is -0.491 e. The maximum atomic E-state index is 8.92. The number of rotatable bonds is 4. The summed E-state index contributed by atoms with van der Waals surface area (Å²) >= 11 is 0. The van der Waals surface area contributed by atoms with Gasteiger partial charge in [0.05, 0.1) is 6.61 Å². The third-order valence-electron chi connectivity index (χ3n) is 5.33. The fourth-order valence-corrected chi connectivity index (χ4v) is 4.07. The Labute approximate surface area is 158 Å². The molecule has 0 unspecified atom stereocenters. The molecule has 0 fully saturated rings. The van der Waals surface area contributed by atoms with Gasteiger partial charge in [-0.2, -0.15) is 0 Å². The molecular formula is C25H20O2. The van der Waals surface area contributed by atoms with E-state index in [9.17, 15) is 0 Å². The summed E-state index contributed by atoms with van der Waals surface area (Å²) in [6.45, 7) is 0.346. The van der Waals surface area contributed by atoms with Crippen LogP contribution in [0.4, 0.5) is 0 Å². The van der Waals surface area contributed by atoms with E-state index in [2.05, 4.69) is 66.7 Å². The highest BCUT2D eigenvalue weighted by Crippen LogP contribution is 2.41. The molecule has 0 amide bonds. The maximum absolute atomic E-state index is 8.92. The Balaban J connectivity index is 1.57. The van der Waals surface area contributed by atoms with Crippen molar-refractivity contribution in [2.75, 3.05) is 13.2 Å². The highest BCUT2D eigenvalue weighted by molar-refractivity contribution is 5.91. The quantitative estimate of drug-likeness (QED) is 0.466. The van der Waals surface area contributed by atoms with Gasteiger partial charge < -0.3 is 9.84 Å². The van der Waals surface area contributed by atoms with Gasteiger partial charge in [0.25, 0.3) is 0 Å². The molecule has 0 radical (unpaired) electrons. The Hall–Kier alpha value is -3.10. The van der Waals surface area contributed by atoms with Crippen LogP contribution < -0.4 is 4.74 Å². The number of fused-ring (bicyclic) bond motifs is 4. The predicted octanol–water partition coefficient (Wildman–Crippen LogP) is 5.45. The van der Waals surface area contributed by atoms with Gasteiger partial charge >= 0.3 is 0 Å². The van der Waals surface area contributed by atoms with E-state index in [1.54, 1.807) is 0 Å². The molecule has 2 nitrogen and oxygen atoms in total. The number of ether oxygens (including phenoxy) is 1. The lowest BCUT2D eigenvalue weighted by atomic mass is 9.94. The van der Waals surface area contributed by atoms with E-state index in [0.717, 1.165) is 17.6 Å². The average Bonchev–Trinajstić information content (AvgIpc) is 3.10. The van der Waals surface area contributed by atoms with Crippen LogP contribution >= 0.6 is 0 Å². The predicted molar refractivity (Wildman–Crippen MR) is 110 cm³/mol. The van der Waals surface area contributed by atoms with Gasteiger partial charge in [-0.3, -0.25) is 0 Å². The maximum Gasteiger partial charge on any atom is 0.120 e. The molecule has 0 aliphatic heterocycles. The molecule has 1 aliphatic carbocycles. The number of hydrogen-bond donors (Lipinski definition) is 1. The normalized spacial score (nSPS) is 12.0. The van der Waals surface area contributed by atoms with Gasteiger partial charge in [-0.1, -0.05) is 60.7 Å². The van der Waals surface area contributed by atoms with Crippen molar-refractivity contribution < 1.29 is 9.84 Å². The van der Waals surface area contributed by atoms with Crippen molar-refractivity contribution in [2.24, 2.45) is 0 Å². The summed E-state index contributed by atoms with van der Waals surface area (Å²) in [7, 11) is 0. The van der Waals surface area contributed by atoms with Gasteiger partial charge in [-0.05, 0) is 68.8 Å². The highest BCUT2D eigenvalue weighted by atomic mass is 16.5. The Morgan fingerprint density at radius 3 is 2.44 bits per heavy atom. The molecule has 0 atom stereocenters. The van der Waals surface area contributed by atoms with Gasteiger partial charge in [0.2, 0.25) is 0 Å². The van der Waals surface area contributed by atoms with E-state index in [1.807, 2.05) is 12.1 Å². The monoisotopic (exact) mass is 352 g/mol. The van der Waals surface area contributed by atoms with E-state index < -0.39 is 0 Å². The molecule has 0 saturated heterocycles.